The Balaban J connectivity index is 2.26. The SMILES string of the molecule is Cc1ccc(CC=O)c(N(C)Cc2cccc(Br)c2)c1. The molecule has 0 unspecified atom stereocenters. The first kappa shape index (κ1) is 14.8. The fraction of sp³-hybridized carbons (Fsp3) is 0.235. The van der Waals surface area contributed by atoms with Crippen molar-refractivity contribution < 1.29 is 4.79 Å². The zero-order valence-electron chi connectivity index (χ0n) is 11.8. The monoisotopic (exact) mass is 331 g/mol. The molecule has 2 rings (SSSR count). The smallest absolute Gasteiger partial charge is 0.124 e. The molecule has 0 saturated heterocycles. The van der Waals surface area contributed by atoms with Crippen LogP contribution in [0.5, 0.6) is 0 Å². The largest absolute Gasteiger partial charge is 0.370 e. The molecule has 2 nitrogen and oxygen atoms in total. The number of anilines is 1. The van der Waals surface area contributed by atoms with Gasteiger partial charge >= 0.3 is 0 Å². The van der Waals surface area contributed by atoms with Crippen LogP contribution in [0.25, 0.3) is 0 Å². The zero-order chi connectivity index (χ0) is 14.5. The van der Waals surface area contributed by atoms with E-state index in [4.69, 9.17) is 0 Å². The minimum absolute atomic E-state index is 0.457. The van der Waals surface area contributed by atoms with Gasteiger partial charge in [0.2, 0.25) is 0 Å². The van der Waals surface area contributed by atoms with Gasteiger partial charge in [-0.2, -0.15) is 0 Å². The number of rotatable bonds is 5. The summed E-state index contributed by atoms with van der Waals surface area (Å²) < 4.78 is 1.08. The van der Waals surface area contributed by atoms with Gasteiger partial charge < -0.3 is 9.69 Å². The third-order valence-electron chi connectivity index (χ3n) is 3.26. The number of nitrogens with zero attached hydrogens (tertiary/aromatic N) is 1. The molecular formula is C17H18BrNO. The number of aryl methyl sites for hydroxylation is 1. The van der Waals surface area contributed by atoms with Gasteiger partial charge in [0.1, 0.15) is 6.29 Å². The summed E-state index contributed by atoms with van der Waals surface area (Å²) in [6.07, 6.45) is 1.42. The van der Waals surface area contributed by atoms with Gasteiger partial charge in [0.25, 0.3) is 0 Å². The van der Waals surface area contributed by atoms with Crippen LogP contribution in [0.1, 0.15) is 16.7 Å². The van der Waals surface area contributed by atoms with Crippen LogP contribution >= 0.6 is 15.9 Å². The Hall–Kier alpha value is -1.61. The first-order chi connectivity index (χ1) is 9.60. The molecule has 20 heavy (non-hydrogen) atoms. The Morgan fingerprint density at radius 3 is 2.70 bits per heavy atom. The van der Waals surface area contributed by atoms with Gasteiger partial charge in [-0.3, -0.25) is 0 Å². The minimum Gasteiger partial charge on any atom is -0.370 e. The molecule has 104 valence electrons. The molecule has 2 aromatic rings. The second-order valence-electron chi connectivity index (χ2n) is 4.99. The van der Waals surface area contributed by atoms with Crippen LogP contribution in [0.3, 0.4) is 0 Å². The van der Waals surface area contributed by atoms with Crippen LogP contribution in [0.15, 0.2) is 46.9 Å². The van der Waals surface area contributed by atoms with E-state index < -0.39 is 0 Å². The second kappa shape index (κ2) is 6.71. The van der Waals surface area contributed by atoms with Gasteiger partial charge in [0.05, 0.1) is 0 Å². The molecule has 0 radical (unpaired) electrons. The highest BCUT2D eigenvalue weighted by Crippen LogP contribution is 2.23. The van der Waals surface area contributed by atoms with E-state index in [1.54, 1.807) is 0 Å². The lowest BCUT2D eigenvalue weighted by molar-refractivity contribution is -0.107. The lowest BCUT2D eigenvalue weighted by Gasteiger charge is -2.23. The maximum atomic E-state index is 10.8. The lowest BCUT2D eigenvalue weighted by atomic mass is 10.1. The Labute approximate surface area is 128 Å². The normalized spacial score (nSPS) is 10.3. The Kier molecular flexibility index (Phi) is 4.96. The molecule has 0 N–H and O–H groups in total. The lowest BCUT2D eigenvalue weighted by Crippen LogP contribution is -2.18. The number of carbonyl (C=O) groups excluding carboxylic acids is 1. The topological polar surface area (TPSA) is 20.3 Å². The van der Waals surface area contributed by atoms with Crippen molar-refractivity contribution in [2.45, 2.75) is 19.9 Å². The number of hydrogen-bond acceptors (Lipinski definition) is 2. The quantitative estimate of drug-likeness (QED) is 0.767. The number of aldehydes is 1. The third kappa shape index (κ3) is 3.70. The average molecular weight is 332 g/mol. The highest BCUT2D eigenvalue weighted by atomic mass is 79.9. The standard InChI is InChI=1S/C17H18BrNO/c1-13-6-7-15(8-9-20)17(10-13)19(2)12-14-4-3-5-16(18)11-14/h3-7,9-11H,8,12H2,1-2H3. The summed E-state index contributed by atoms with van der Waals surface area (Å²) in [6.45, 7) is 2.88. The second-order valence-corrected chi connectivity index (χ2v) is 5.90. The molecule has 3 heteroatoms. The molecule has 0 aliphatic heterocycles. The highest BCUT2D eigenvalue weighted by molar-refractivity contribution is 9.10. The van der Waals surface area contributed by atoms with E-state index in [-0.39, 0.29) is 0 Å². The third-order valence-corrected chi connectivity index (χ3v) is 3.76. The van der Waals surface area contributed by atoms with Crippen molar-refractivity contribution in [3.63, 3.8) is 0 Å². The van der Waals surface area contributed by atoms with Crippen LogP contribution in [-0.4, -0.2) is 13.3 Å². The van der Waals surface area contributed by atoms with Crippen molar-refractivity contribution in [1.29, 1.82) is 0 Å². The summed E-state index contributed by atoms with van der Waals surface area (Å²) in [5, 5.41) is 0. The van der Waals surface area contributed by atoms with E-state index in [1.165, 1.54) is 11.1 Å². The number of halogens is 1. The van der Waals surface area contributed by atoms with Gasteiger partial charge in [-0.05, 0) is 41.8 Å². The maximum absolute atomic E-state index is 10.8. The minimum atomic E-state index is 0.457. The molecule has 0 fully saturated rings. The van der Waals surface area contributed by atoms with Crippen molar-refractivity contribution in [2.75, 3.05) is 11.9 Å². The van der Waals surface area contributed by atoms with Crippen molar-refractivity contribution in [3.8, 4) is 0 Å². The summed E-state index contributed by atoms with van der Waals surface area (Å²) in [5.74, 6) is 0. The summed E-state index contributed by atoms with van der Waals surface area (Å²) in [7, 11) is 2.06. The van der Waals surface area contributed by atoms with Gasteiger partial charge in [-0.1, -0.05) is 40.2 Å². The van der Waals surface area contributed by atoms with E-state index >= 15 is 0 Å². The predicted octanol–water partition coefficient (Wildman–Crippen LogP) is 4.14. The van der Waals surface area contributed by atoms with E-state index in [0.29, 0.717) is 6.42 Å². The number of carbonyl (C=O) groups is 1. The Morgan fingerprint density at radius 1 is 1.20 bits per heavy atom. The van der Waals surface area contributed by atoms with Crippen molar-refractivity contribution in [1.82, 2.24) is 0 Å². The summed E-state index contributed by atoms with van der Waals surface area (Å²) >= 11 is 3.49. The Morgan fingerprint density at radius 2 is 2.00 bits per heavy atom. The average Bonchev–Trinajstić information content (AvgIpc) is 2.41. The molecule has 0 aliphatic carbocycles. The molecule has 0 aromatic heterocycles. The molecule has 0 aliphatic rings. The molecular weight excluding hydrogens is 314 g/mol. The van der Waals surface area contributed by atoms with Crippen molar-refractivity contribution in [3.05, 3.63) is 63.6 Å². The van der Waals surface area contributed by atoms with Gasteiger partial charge in [0.15, 0.2) is 0 Å². The van der Waals surface area contributed by atoms with Gasteiger partial charge in [0, 0.05) is 30.2 Å². The predicted molar refractivity (Wildman–Crippen MR) is 87.2 cm³/mol. The Bertz CT molecular complexity index is 610. The van der Waals surface area contributed by atoms with Crippen molar-refractivity contribution in [2.24, 2.45) is 0 Å². The fourth-order valence-electron chi connectivity index (χ4n) is 2.29. The molecule has 0 heterocycles. The summed E-state index contributed by atoms with van der Waals surface area (Å²) in [4.78, 5) is 13.0. The molecule has 0 spiro atoms. The van der Waals surface area contributed by atoms with E-state index in [9.17, 15) is 4.79 Å². The van der Waals surface area contributed by atoms with E-state index in [0.717, 1.165) is 28.6 Å². The van der Waals surface area contributed by atoms with Crippen LogP contribution in [0.4, 0.5) is 5.69 Å². The molecule has 0 atom stereocenters. The molecule has 0 bridgehead atoms. The zero-order valence-corrected chi connectivity index (χ0v) is 13.4. The maximum Gasteiger partial charge on any atom is 0.124 e. The van der Waals surface area contributed by atoms with E-state index in [2.05, 4.69) is 59.1 Å². The highest BCUT2D eigenvalue weighted by Gasteiger charge is 2.08. The number of hydrogen-bond donors (Lipinski definition) is 0. The first-order valence-corrected chi connectivity index (χ1v) is 7.38. The number of benzene rings is 2. The van der Waals surface area contributed by atoms with E-state index in [1.807, 2.05) is 18.2 Å². The van der Waals surface area contributed by atoms with Crippen molar-refractivity contribution >= 4 is 27.9 Å². The van der Waals surface area contributed by atoms with Crippen LogP contribution in [-0.2, 0) is 17.8 Å². The molecule has 2 aromatic carbocycles. The molecule has 0 amide bonds. The summed E-state index contributed by atoms with van der Waals surface area (Å²) in [6, 6.07) is 14.5. The molecule has 0 saturated carbocycles. The van der Waals surface area contributed by atoms with Gasteiger partial charge in [-0.25, -0.2) is 0 Å². The summed E-state index contributed by atoms with van der Waals surface area (Å²) in [5.41, 5.74) is 4.64. The van der Waals surface area contributed by atoms with Crippen LogP contribution in [0, 0.1) is 6.92 Å². The fourth-order valence-corrected chi connectivity index (χ4v) is 2.73. The van der Waals surface area contributed by atoms with Gasteiger partial charge in [-0.15, -0.1) is 0 Å². The van der Waals surface area contributed by atoms with Crippen LogP contribution < -0.4 is 4.90 Å². The van der Waals surface area contributed by atoms with Crippen LogP contribution in [0.2, 0.25) is 0 Å². The first-order valence-electron chi connectivity index (χ1n) is 6.59.